The van der Waals surface area contributed by atoms with Gasteiger partial charge in [-0.25, -0.2) is 23.1 Å². The number of aromatic nitrogens is 2. The summed E-state index contributed by atoms with van der Waals surface area (Å²) in [5.41, 5.74) is 1.09. The molecule has 0 aliphatic carbocycles. The van der Waals surface area contributed by atoms with Gasteiger partial charge in [0, 0.05) is 25.7 Å². The van der Waals surface area contributed by atoms with E-state index < -0.39 is 10.0 Å². The van der Waals surface area contributed by atoms with Gasteiger partial charge in [-0.1, -0.05) is 19.1 Å². The van der Waals surface area contributed by atoms with Gasteiger partial charge >= 0.3 is 0 Å². The molecule has 3 rings (SSSR count). The Morgan fingerprint density at radius 2 is 1.93 bits per heavy atom. The highest BCUT2D eigenvalue weighted by Crippen LogP contribution is 2.17. The van der Waals surface area contributed by atoms with E-state index in [1.165, 1.54) is 6.33 Å². The average Bonchev–Trinajstić information content (AvgIpc) is 2.72. The fourth-order valence-corrected chi connectivity index (χ4v) is 3.71. The number of ether oxygens (including phenoxy) is 2. The number of hydrogen-bond donors (Lipinski definition) is 1. The fourth-order valence-electron chi connectivity index (χ4n) is 2.69. The van der Waals surface area contributed by atoms with Crippen molar-refractivity contribution < 1.29 is 17.9 Å². The maximum Gasteiger partial charge on any atom is 0.240 e. The SMILES string of the molecule is CCc1ccc(S(=O)(=O)NCCOc2cc(N3CCOCC3)ncn2)cc1. The summed E-state index contributed by atoms with van der Waals surface area (Å²) in [5.74, 6) is 1.19. The zero-order valence-electron chi connectivity index (χ0n) is 15.3. The van der Waals surface area contributed by atoms with Gasteiger partial charge in [-0.3, -0.25) is 0 Å². The van der Waals surface area contributed by atoms with Crippen molar-refractivity contribution >= 4 is 15.8 Å². The van der Waals surface area contributed by atoms with Crippen LogP contribution < -0.4 is 14.4 Å². The molecule has 146 valence electrons. The molecule has 1 N–H and O–H groups in total. The van der Waals surface area contributed by atoms with E-state index in [2.05, 4.69) is 19.6 Å². The van der Waals surface area contributed by atoms with Crippen molar-refractivity contribution in [3.05, 3.63) is 42.2 Å². The number of aryl methyl sites for hydroxylation is 1. The van der Waals surface area contributed by atoms with Gasteiger partial charge in [-0.2, -0.15) is 0 Å². The number of morpholine rings is 1. The second kappa shape index (κ2) is 9.12. The molecule has 1 fully saturated rings. The van der Waals surface area contributed by atoms with Crippen LogP contribution >= 0.6 is 0 Å². The van der Waals surface area contributed by atoms with Gasteiger partial charge in [-0.15, -0.1) is 0 Å². The van der Waals surface area contributed by atoms with E-state index >= 15 is 0 Å². The summed E-state index contributed by atoms with van der Waals surface area (Å²) in [4.78, 5) is 10.7. The fraction of sp³-hybridized carbons (Fsp3) is 0.444. The molecule has 2 aromatic rings. The lowest BCUT2D eigenvalue weighted by Crippen LogP contribution is -2.36. The standard InChI is InChI=1S/C18H24N4O4S/c1-2-15-3-5-16(6-4-15)27(23,24)21-7-10-26-18-13-17(19-14-20-18)22-8-11-25-12-9-22/h3-6,13-14,21H,2,7-12H2,1H3. The molecule has 9 heteroatoms. The Morgan fingerprint density at radius 3 is 2.63 bits per heavy atom. The first-order valence-electron chi connectivity index (χ1n) is 8.94. The van der Waals surface area contributed by atoms with Crippen LogP contribution in [0.2, 0.25) is 0 Å². The molecule has 2 heterocycles. The van der Waals surface area contributed by atoms with Crippen molar-refractivity contribution in [2.24, 2.45) is 0 Å². The van der Waals surface area contributed by atoms with E-state index in [4.69, 9.17) is 9.47 Å². The predicted molar refractivity (Wildman–Crippen MR) is 102 cm³/mol. The van der Waals surface area contributed by atoms with Crippen molar-refractivity contribution in [1.82, 2.24) is 14.7 Å². The van der Waals surface area contributed by atoms with E-state index in [9.17, 15) is 8.42 Å². The molecule has 0 amide bonds. The third kappa shape index (κ3) is 5.38. The molecule has 1 aromatic heterocycles. The van der Waals surface area contributed by atoms with Gasteiger partial charge in [0.2, 0.25) is 15.9 Å². The van der Waals surface area contributed by atoms with Crippen molar-refractivity contribution in [2.45, 2.75) is 18.2 Å². The normalized spacial score (nSPS) is 14.9. The zero-order chi connectivity index (χ0) is 19.1. The van der Waals surface area contributed by atoms with Crippen LogP contribution in [0.15, 0.2) is 41.6 Å². The lowest BCUT2D eigenvalue weighted by atomic mass is 10.2. The van der Waals surface area contributed by atoms with Gasteiger partial charge in [0.15, 0.2) is 0 Å². The predicted octanol–water partition coefficient (Wildman–Crippen LogP) is 1.23. The largest absolute Gasteiger partial charge is 0.476 e. The quantitative estimate of drug-likeness (QED) is 0.676. The minimum Gasteiger partial charge on any atom is -0.476 e. The molecule has 1 saturated heterocycles. The first-order chi connectivity index (χ1) is 13.1. The van der Waals surface area contributed by atoms with Crippen molar-refractivity contribution in [2.75, 3.05) is 44.4 Å². The van der Waals surface area contributed by atoms with Crippen LogP contribution in [-0.4, -0.2) is 57.8 Å². The van der Waals surface area contributed by atoms with Gasteiger partial charge in [0.25, 0.3) is 0 Å². The van der Waals surface area contributed by atoms with Crippen LogP contribution in [0.1, 0.15) is 12.5 Å². The molecule has 0 radical (unpaired) electrons. The Hall–Kier alpha value is -2.23. The molecular weight excluding hydrogens is 368 g/mol. The molecule has 1 aromatic carbocycles. The number of benzene rings is 1. The van der Waals surface area contributed by atoms with E-state index in [1.807, 2.05) is 19.1 Å². The van der Waals surface area contributed by atoms with E-state index in [0.29, 0.717) is 19.1 Å². The molecule has 1 aliphatic rings. The summed E-state index contributed by atoms with van der Waals surface area (Å²) in [7, 11) is -3.55. The second-order valence-electron chi connectivity index (χ2n) is 6.06. The Kier molecular flexibility index (Phi) is 6.59. The number of nitrogens with one attached hydrogen (secondary N) is 1. The minimum atomic E-state index is -3.55. The van der Waals surface area contributed by atoms with Crippen molar-refractivity contribution in [3.8, 4) is 5.88 Å². The minimum absolute atomic E-state index is 0.148. The Bertz CT molecular complexity index is 837. The molecule has 0 saturated carbocycles. The van der Waals surface area contributed by atoms with E-state index in [-0.39, 0.29) is 18.0 Å². The third-order valence-corrected chi connectivity index (χ3v) is 5.73. The molecule has 0 atom stereocenters. The van der Waals surface area contributed by atoms with Crippen LogP contribution in [0.4, 0.5) is 5.82 Å². The van der Waals surface area contributed by atoms with E-state index in [1.54, 1.807) is 18.2 Å². The summed E-state index contributed by atoms with van der Waals surface area (Å²) < 4.78 is 38.0. The topological polar surface area (TPSA) is 93.7 Å². The van der Waals surface area contributed by atoms with E-state index in [0.717, 1.165) is 30.9 Å². The van der Waals surface area contributed by atoms with Crippen molar-refractivity contribution in [1.29, 1.82) is 0 Å². The van der Waals surface area contributed by atoms with Crippen LogP contribution in [0.3, 0.4) is 0 Å². The Balaban J connectivity index is 1.50. The molecule has 0 unspecified atom stereocenters. The lowest BCUT2D eigenvalue weighted by Gasteiger charge is -2.27. The van der Waals surface area contributed by atoms with Crippen LogP contribution in [-0.2, 0) is 21.2 Å². The Morgan fingerprint density at radius 1 is 1.19 bits per heavy atom. The summed E-state index contributed by atoms with van der Waals surface area (Å²) in [6, 6.07) is 8.61. The van der Waals surface area contributed by atoms with Gasteiger partial charge in [0.1, 0.15) is 18.8 Å². The van der Waals surface area contributed by atoms with Crippen LogP contribution in [0.25, 0.3) is 0 Å². The maximum atomic E-state index is 12.3. The van der Waals surface area contributed by atoms with Crippen molar-refractivity contribution in [3.63, 3.8) is 0 Å². The number of hydrogen-bond acceptors (Lipinski definition) is 7. The summed E-state index contributed by atoms with van der Waals surface area (Å²) in [6.07, 6.45) is 2.31. The summed E-state index contributed by atoms with van der Waals surface area (Å²) in [5, 5.41) is 0. The number of rotatable bonds is 8. The highest BCUT2D eigenvalue weighted by atomic mass is 32.2. The Labute approximate surface area is 159 Å². The monoisotopic (exact) mass is 392 g/mol. The molecule has 27 heavy (non-hydrogen) atoms. The summed E-state index contributed by atoms with van der Waals surface area (Å²) in [6.45, 7) is 5.22. The number of anilines is 1. The average molecular weight is 392 g/mol. The third-order valence-electron chi connectivity index (χ3n) is 4.25. The van der Waals surface area contributed by atoms with Gasteiger partial charge in [-0.05, 0) is 24.1 Å². The van der Waals surface area contributed by atoms with Crippen LogP contribution in [0, 0.1) is 0 Å². The number of sulfonamides is 1. The highest BCUT2D eigenvalue weighted by Gasteiger charge is 2.15. The zero-order valence-corrected chi connectivity index (χ0v) is 16.1. The molecule has 8 nitrogen and oxygen atoms in total. The molecule has 0 bridgehead atoms. The molecule has 1 aliphatic heterocycles. The molecule has 0 spiro atoms. The highest BCUT2D eigenvalue weighted by molar-refractivity contribution is 7.89. The van der Waals surface area contributed by atoms with Gasteiger partial charge in [0.05, 0.1) is 18.1 Å². The first-order valence-corrected chi connectivity index (χ1v) is 10.4. The second-order valence-corrected chi connectivity index (χ2v) is 7.82. The summed E-state index contributed by atoms with van der Waals surface area (Å²) >= 11 is 0. The molecular formula is C18H24N4O4S. The number of nitrogens with zero attached hydrogens (tertiary/aromatic N) is 3. The smallest absolute Gasteiger partial charge is 0.240 e. The van der Waals surface area contributed by atoms with Gasteiger partial charge < -0.3 is 14.4 Å². The van der Waals surface area contributed by atoms with Crippen LogP contribution in [0.5, 0.6) is 5.88 Å². The first kappa shape index (κ1) is 19.5. The lowest BCUT2D eigenvalue weighted by molar-refractivity contribution is 0.122. The maximum absolute atomic E-state index is 12.3.